The predicted octanol–water partition coefficient (Wildman–Crippen LogP) is 1.86. The molecule has 5 nitrogen and oxygen atoms in total. The third-order valence-corrected chi connectivity index (χ3v) is 4.66. The summed E-state index contributed by atoms with van der Waals surface area (Å²) in [6.07, 6.45) is 4.11. The molecule has 2 atom stereocenters. The van der Waals surface area contributed by atoms with E-state index in [9.17, 15) is 9.90 Å². The molecule has 1 aromatic rings. The number of allylic oxidation sites excluding steroid dienone is 1. The molecular formula is C16H21BClNO4. The molecule has 0 bridgehead atoms. The van der Waals surface area contributed by atoms with Crippen molar-refractivity contribution in [3.05, 3.63) is 46.5 Å². The first-order valence-electron chi connectivity index (χ1n) is 7.63. The van der Waals surface area contributed by atoms with Gasteiger partial charge in [-0.1, -0.05) is 36.2 Å². The fraction of sp³-hybridized carbons (Fsp3) is 0.438. The minimum atomic E-state index is -1.41. The zero-order chi connectivity index (χ0) is 17.0. The van der Waals surface area contributed by atoms with Crippen molar-refractivity contribution in [2.75, 3.05) is 0 Å². The minimum Gasteiger partial charge on any atom is -0.480 e. The van der Waals surface area contributed by atoms with Crippen LogP contribution in [0.4, 0.5) is 0 Å². The molecule has 2 rings (SSSR count). The maximum absolute atomic E-state index is 11.7. The highest BCUT2D eigenvalue weighted by Crippen LogP contribution is 2.35. The number of rotatable bonds is 6. The van der Waals surface area contributed by atoms with Gasteiger partial charge < -0.3 is 20.9 Å². The smallest absolute Gasteiger partial charge is 0.451 e. The average Bonchev–Trinajstić information content (AvgIpc) is 2.49. The van der Waals surface area contributed by atoms with Gasteiger partial charge in [0, 0.05) is 5.02 Å². The lowest BCUT2D eigenvalue weighted by Gasteiger charge is -2.36. The maximum Gasteiger partial charge on any atom is 0.451 e. The predicted molar refractivity (Wildman–Crippen MR) is 90.1 cm³/mol. The Morgan fingerprint density at radius 2 is 2.00 bits per heavy atom. The number of carboxylic acids is 1. The topological polar surface area (TPSA) is 104 Å². The van der Waals surface area contributed by atoms with Crippen LogP contribution in [0.1, 0.15) is 24.8 Å². The van der Waals surface area contributed by atoms with E-state index in [2.05, 4.69) is 0 Å². The van der Waals surface area contributed by atoms with Gasteiger partial charge in [-0.2, -0.15) is 0 Å². The molecule has 1 aliphatic rings. The summed E-state index contributed by atoms with van der Waals surface area (Å²) in [4.78, 5) is 11.7. The second-order valence-corrected chi connectivity index (χ2v) is 6.61. The molecule has 0 heterocycles. The van der Waals surface area contributed by atoms with Gasteiger partial charge in [0.2, 0.25) is 0 Å². The van der Waals surface area contributed by atoms with E-state index in [-0.39, 0.29) is 12.2 Å². The molecule has 0 saturated heterocycles. The van der Waals surface area contributed by atoms with Crippen LogP contribution in [-0.4, -0.2) is 33.8 Å². The van der Waals surface area contributed by atoms with Crippen LogP contribution in [-0.2, 0) is 11.2 Å². The molecule has 0 aromatic heterocycles. The van der Waals surface area contributed by atoms with Gasteiger partial charge in [0.15, 0.2) is 0 Å². The maximum atomic E-state index is 11.7. The second-order valence-electron chi connectivity index (χ2n) is 6.17. The number of hydrogen-bond donors (Lipinski definition) is 4. The first-order valence-corrected chi connectivity index (χ1v) is 8.01. The van der Waals surface area contributed by atoms with Crippen LogP contribution in [0.2, 0.25) is 11.3 Å². The molecule has 0 spiro atoms. The lowest BCUT2D eigenvalue weighted by molar-refractivity contribution is -0.142. The zero-order valence-electron chi connectivity index (χ0n) is 12.8. The number of benzene rings is 1. The van der Waals surface area contributed by atoms with Crippen LogP contribution >= 0.6 is 11.6 Å². The van der Waals surface area contributed by atoms with Crippen LogP contribution in [0, 0.1) is 5.92 Å². The van der Waals surface area contributed by atoms with Crippen LogP contribution in [0.5, 0.6) is 0 Å². The number of carbonyl (C=O) groups is 1. The number of halogens is 1. The highest BCUT2D eigenvalue weighted by molar-refractivity contribution is 6.40. The molecule has 0 fully saturated rings. The Morgan fingerprint density at radius 3 is 2.57 bits per heavy atom. The van der Waals surface area contributed by atoms with E-state index in [0.717, 1.165) is 5.56 Å². The summed E-state index contributed by atoms with van der Waals surface area (Å²) in [5.74, 6) is -1.01. The van der Waals surface area contributed by atoms with Crippen LogP contribution in [0.3, 0.4) is 0 Å². The van der Waals surface area contributed by atoms with E-state index in [1.807, 2.05) is 18.2 Å². The second kappa shape index (κ2) is 7.49. The summed E-state index contributed by atoms with van der Waals surface area (Å²) in [7, 11) is -1.37. The number of aliphatic carboxylic acids is 1. The molecule has 124 valence electrons. The quantitative estimate of drug-likeness (QED) is 0.468. The first kappa shape index (κ1) is 18.0. The fourth-order valence-corrected chi connectivity index (χ4v) is 3.17. The monoisotopic (exact) mass is 337 g/mol. The van der Waals surface area contributed by atoms with Crippen molar-refractivity contribution in [3.8, 4) is 0 Å². The fourth-order valence-electron chi connectivity index (χ4n) is 3.04. The van der Waals surface area contributed by atoms with Crippen LogP contribution in [0.15, 0.2) is 35.9 Å². The molecule has 2 unspecified atom stereocenters. The van der Waals surface area contributed by atoms with Crippen LogP contribution < -0.4 is 5.73 Å². The lowest BCUT2D eigenvalue weighted by atomic mass is 9.70. The third kappa shape index (κ3) is 4.58. The van der Waals surface area contributed by atoms with E-state index in [1.54, 1.807) is 12.1 Å². The minimum absolute atomic E-state index is 0.0341. The van der Waals surface area contributed by atoms with Crippen molar-refractivity contribution in [2.45, 2.75) is 37.5 Å². The van der Waals surface area contributed by atoms with Crippen molar-refractivity contribution < 1.29 is 19.9 Å². The highest BCUT2D eigenvalue weighted by Gasteiger charge is 2.42. The first-order chi connectivity index (χ1) is 10.8. The Hall–Kier alpha value is -1.34. The largest absolute Gasteiger partial charge is 0.480 e. The molecule has 1 aliphatic carbocycles. The van der Waals surface area contributed by atoms with Gasteiger partial charge in [0.1, 0.15) is 5.54 Å². The molecule has 5 N–H and O–H groups in total. The Bertz CT molecular complexity index is 590. The molecule has 1 aromatic carbocycles. The molecule has 7 heteroatoms. The van der Waals surface area contributed by atoms with Gasteiger partial charge in [0.05, 0.1) is 0 Å². The Balaban J connectivity index is 2.16. The highest BCUT2D eigenvalue weighted by atomic mass is 35.5. The van der Waals surface area contributed by atoms with Gasteiger partial charge in [-0.25, -0.2) is 4.79 Å². The SMILES string of the molecule is NC1(C(=O)O)CC(CCB(O)O)CC=C1Cc1ccc(Cl)cc1. The molecule has 0 radical (unpaired) electrons. The van der Waals surface area contributed by atoms with Gasteiger partial charge in [-0.05, 0) is 54.8 Å². The van der Waals surface area contributed by atoms with Crippen molar-refractivity contribution in [1.29, 1.82) is 0 Å². The Morgan fingerprint density at radius 1 is 1.35 bits per heavy atom. The van der Waals surface area contributed by atoms with Crippen molar-refractivity contribution in [3.63, 3.8) is 0 Å². The van der Waals surface area contributed by atoms with Gasteiger partial charge >= 0.3 is 13.1 Å². The number of carboxylic acid groups (broad SMARTS) is 1. The van der Waals surface area contributed by atoms with Gasteiger partial charge in [-0.3, -0.25) is 0 Å². The van der Waals surface area contributed by atoms with Crippen LogP contribution in [0.25, 0.3) is 0 Å². The summed E-state index contributed by atoms with van der Waals surface area (Å²) < 4.78 is 0. The third-order valence-electron chi connectivity index (χ3n) is 4.40. The van der Waals surface area contributed by atoms with E-state index in [1.165, 1.54) is 0 Å². The summed E-state index contributed by atoms with van der Waals surface area (Å²) in [5, 5.41) is 28.2. The summed E-state index contributed by atoms with van der Waals surface area (Å²) >= 11 is 5.87. The van der Waals surface area contributed by atoms with Gasteiger partial charge in [-0.15, -0.1) is 0 Å². The van der Waals surface area contributed by atoms with Crippen molar-refractivity contribution in [2.24, 2.45) is 11.7 Å². The molecule has 0 aliphatic heterocycles. The zero-order valence-corrected chi connectivity index (χ0v) is 13.5. The van der Waals surface area contributed by atoms with E-state index >= 15 is 0 Å². The number of hydrogen-bond acceptors (Lipinski definition) is 4. The average molecular weight is 338 g/mol. The summed E-state index contributed by atoms with van der Waals surface area (Å²) in [6, 6.07) is 7.26. The lowest BCUT2D eigenvalue weighted by Crippen LogP contribution is -2.53. The Labute approximate surface area is 140 Å². The number of nitrogens with two attached hydrogens (primary N) is 1. The van der Waals surface area contributed by atoms with Crippen molar-refractivity contribution >= 4 is 24.7 Å². The molecular weight excluding hydrogens is 316 g/mol. The molecule has 0 amide bonds. The Kier molecular flexibility index (Phi) is 5.86. The summed E-state index contributed by atoms with van der Waals surface area (Å²) in [5.41, 5.74) is 6.44. The van der Waals surface area contributed by atoms with Crippen molar-refractivity contribution in [1.82, 2.24) is 0 Å². The van der Waals surface area contributed by atoms with E-state index in [0.29, 0.717) is 36.3 Å². The molecule has 0 saturated carbocycles. The van der Waals surface area contributed by atoms with E-state index < -0.39 is 18.6 Å². The van der Waals surface area contributed by atoms with E-state index in [4.69, 9.17) is 27.4 Å². The molecule has 23 heavy (non-hydrogen) atoms. The normalized spacial score (nSPS) is 24.2. The van der Waals surface area contributed by atoms with Gasteiger partial charge in [0.25, 0.3) is 0 Å². The standard InChI is InChI=1S/C16H21BClNO4/c18-14-5-2-11(3-6-14)9-13-4-1-12(7-8-17(22)23)10-16(13,19)15(20)21/h2-6,12,22-23H,1,7-10,19H2,(H,20,21). The summed E-state index contributed by atoms with van der Waals surface area (Å²) in [6.45, 7) is 0.